The van der Waals surface area contributed by atoms with Crippen molar-refractivity contribution in [3.63, 3.8) is 0 Å². The molecule has 8 N–H and O–H groups in total. The second kappa shape index (κ2) is 12.3. The maximum Gasteiger partial charge on any atom is 0.281 e. The van der Waals surface area contributed by atoms with Crippen LogP contribution in [0.3, 0.4) is 0 Å². The first kappa shape index (κ1) is 34.8. The van der Waals surface area contributed by atoms with Crippen molar-refractivity contribution in [3.8, 4) is 22.6 Å². The molecule has 0 aliphatic heterocycles. The molecule has 0 saturated carbocycles. The number of nitrogens with one attached hydrogen (secondary N) is 2. The van der Waals surface area contributed by atoms with Gasteiger partial charge in [-0.1, -0.05) is 72.8 Å². The number of fused-ring (bicyclic) bond motifs is 2. The summed E-state index contributed by atoms with van der Waals surface area (Å²) in [5, 5.41) is 6.93. The second-order valence-electron chi connectivity index (χ2n) is 11.7. The molecule has 4 aromatic rings. The van der Waals surface area contributed by atoms with E-state index in [9.17, 15) is 25.9 Å². The van der Waals surface area contributed by atoms with Crippen molar-refractivity contribution in [1.82, 2.24) is 0 Å². The summed E-state index contributed by atoms with van der Waals surface area (Å²) in [6.07, 6.45) is 2.97. The molecule has 4 aromatic carbocycles. The fourth-order valence-corrected chi connectivity index (χ4v) is 9.94. The van der Waals surface area contributed by atoms with Crippen molar-refractivity contribution in [2.24, 2.45) is 21.7 Å². The summed E-state index contributed by atoms with van der Waals surface area (Å²) in [4.78, 5) is 0. The molecule has 4 atom stereocenters. The minimum Gasteiger partial charge on any atom is -0.496 e. The average Bonchev–Trinajstić information content (AvgIpc) is 3.09. The molecule has 16 heteroatoms. The molecule has 0 fully saturated rings. The zero-order valence-electron chi connectivity index (χ0n) is 26.6. The maximum atomic E-state index is 13.5. The van der Waals surface area contributed by atoms with E-state index in [0.717, 1.165) is 0 Å². The van der Waals surface area contributed by atoms with Crippen molar-refractivity contribution in [3.05, 3.63) is 130 Å². The van der Waals surface area contributed by atoms with Crippen LogP contribution in [-0.4, -0.2) is 52.2 Å². The van der Waals surface area contributed by atoms with Crippen LogP contribution in [0.4, 0.5) is 0 Å². The van der Waals surface area contributed by atoms with Crippen LogP contribution < -0.4 is 20.9 Å². The third-order valence-electron chi connectivity index (χ3n) is 9.45. The molecule has 0 radical (unpaired) electrons. The lowest BCUT2D eigenvalue weighted by molar-refractivity contribution is 0.386. The van der Waals surface area contributed by atoms with Gasteiger partial charge in [0.05, 0.1) is 37.7 Å². The Morgan fingerprint density at radius 3 is 1.30 bits per heavy atom. The fraction of sp³-hybridized carbons (Fsp3) is 0.176. The predicted molar refractivity (Wildman–Crippen MR) is 185 cm³/mol. The summed E-state index contributed by atoms with van der Waals surface area (Å²) < 4.78 is 82.5. The Morgan fingerprint density at radius 2 is 0.980 bits per heavy atom. The Bertz CT molecular complexity index is 2200. The van der Waals surface area contributed by atoms with Gasteiger partial charge in [0, 0.05) is 11.1 Å². The molecule has 0 aromatic heterocycles. The van der Waals surface area contributed by atoms with E-state index in [2.05, 4.69) is 10.2 Å². The lowest BCUT2D eigenvalue weighted by atomic mass is 9.76. The molecule has 0 saturated heterocycles. The highest BCUT2D eigenvalue weighted by molar-refractivity contribution is 7.87. The predicted octanol–water partition coefficient (Wildman–Crippen LogP) is 5.06. The second-order valence-corrected chi connectivity index (χ2v) is 14.9. The van der Waals surface area contributed by atoms with Crippen molar-refractivity contribution in [2.45, 2.75) is 21.6 Å². The first-order valence-corrected chi connectivity index (χ1v) is 17.8. The molecule has 4 unspecified atom stereocenters. The highest BCUT2D eigenvalue weighted by Gasteiger charge is 2.58. The third kappa shape index (κ3) is 4.83. The van der Waals surface area contributed by atoms with Gasteiger partial charge in [-0.3, -0.25) is 9.11 Å². The Balaban J connectivity index is 1.57. The zero-order valence-corrected chi connectivity index (χ0v) is 28.2. The molecule has 0 bridgehead atoms. The topological polar surface area (TPSA) is 252 Å². The molecule has 258 valence electrons. The molecular weight excluding hydrogens is 685 g/mol. The molecule has 6 rings (SSSR count). The molecule has 2 aliphatic carbocycles. The minimum absolute atomic E-state index is 0.0161. The average molecular weight is 717 g/mol. The van der Waals surface area contributed by atoms with Gasteiger partial charge in [0.1, 0.15) is 11.5 Å². The number of nitrogens with zero attached hydrogens (tertiary/aromatic N) is 2. The molecule has 0 amide bonds. The highest BCUT2D eigenvalue weighted by atomic mass is 32.2. The summed E-state index contributed by atoms with van der Waals surface area (Å²) in [6.45, 7) is 0. The van der Waals surface area contributed by atoms with E-state index < -0.39 is 41.8 Å². The summed E-state index contributed by atoms with van der Waals surface area (Å²) >= 11 is 0. The van der Waals surface area contributed by atoms with E-state index in [-0.39, 0.29) is 45.1 Å². The van der Waals surface area contributed by atoms with E-state index in [1.165, 1.54) is 62.8 Å². The van der Waals surface area contributed by atoms with Crippen LogP contribution in [0.2, 0.25) is 0 Å². The quantitative estimate of drug-likeness (QED) is 0.0992. The molecule has 50 heavy (non-hydrogen) atoms. The summed E-state index contributed by atoms with van der Waals surface area (Å²) in [5.41, 5.74) is 30.2. The molecule has 2 aliphatic rings. The Hall–Kier alpha value is -5.10. The minimum atomic E-state index is -5.07. The Kier molecular flexibility index (Phi) is 8.58. The van der Waals surface area contributed by atoms with Gasteiger partial charge >= 0.3 is 0 Å². The van der Waals surface area contributed by atoms with Crippen LogP contribution in [0, 0.1) is 11.1 Å². The first-order chi connectivity index (χ1) is 23.7. The summed E-state index contributed by atoms with van der Waals surface area (Å²) in [6, 6.07) is 18.8. The normalized spacial score (nSPS) is 23.1. The maximum absolute atomic E-state index is 13.5. The van der Waals surface area contributed by atoms with E-state index >= 15 is 0 Å². The Morgan fingerprint density at radius 1 is 0.620 bits per heavy atom. The van der Waals surface area contributed by atoms with Gasteiger partial charge in [0.15, 0.2) is 9.49 Å². The van der Waals surface area contributed by atoms with E-state index in [4.69, 9.17) is 32.0 Å². The SMILES string of the molecule is COc1cc(-c2ccc(C3(S(=O)(=O)O)c4ccccc4C=C(N=N)C3N)c(OC)c2)ccc1C1(S(=O)(=O)O)c2ccccc2C=C(N=N)C1N. The number of nitrogens with two attached hydrogens (primary N) is 2. The van der Waals surface area contributed by atoms with Crippen LogP contribution >= 0.6 is 0 Å². The van der Waals surface area contributed by atoms with Gasteiger partial charge in [-0.15, -0.1) is 0 Å². The Labute approximate surface area is 287 Å². The van der Waals surface area contributed by atoms with Gasteiger partial charge in [0.25, 0.3) is 20.2 Å². The smallest absolute Gasteiger partial charge is 0.281 e. The standard InChI is InChI=1S/C34H32N6O8S2/c1-47-29-17-19(11-13-25(29)33(49(41,42)43)23-9-5-3-7-21(23)15-27(39-37)31(33)35)20-12-14-26(30(18-20)48-2)34(50(44,45)46)24-10-6-4-8-22(24)16-28(40-38)32(34)36/h3-18,31-32,37-38H,35-36H2,1-2H3,(H,41,42,43)(H,44,45,46). The van der Waals surface area contributed by atoms with E-state index in [1.54, 1.807) is 48.5 Å². The fourth-order valence-electron chi connectivity index (χ4n) is 7.23. The van der Waals surface area contributed by atoms with Crippen molar-refractivity contribution in [1.29, 1.82) is 11.1 Å². The van der Waals surface area contributed by atoms with Crippen molar-refractivity contribution in [2.75, 3.05) is 14.2 Å². The van der Waals surface area contributed by atoms with Gasteiger partial charge in [-0.2, -0.15) is 27.1 Å². The third-order valence-corrected chi connectivity index (χ3v) is 12.5. The highest BCUT2D eigenvalue weighted by Crippen LogP contribution is 2.52. The number of rotatable bonds is 9. The van der Waals surface area contributed by atoms with E-state index in [0.29, 0.717) is 22.3 Å². The van der Waals surface area contributed by atoms with E-state index in [1.807, 2.05) is 0 Å². The van der Waals surface area contributed by atoms with Gasteiger partial charge in [-0.05, 0) is 57.7 Å². The van der Waals surface area contributed by atoms with Gasteiger partial charge in [-0.25, -0.2) is 11.1 Å². The van der Waals surface area contributed by atoms with Crippen molar-refractivity contribution < 1.29 is 35.4 Å². The van der Waals surface area contributed by atoms with Crippen LogP contribution in [0.15, 0.2) is 107 Å². The number of methoxy groups -OCH3 is 2. The number of hydrogen-bond acceptors (Lipinski definition) is 12. The number of benzene rings is 4. The summed E-state index contributed by atoms with van der Waals surface area (Å²) in [7, 11) is -7.51. The first-order valence-electron chi connectivity index (χ1n) is 14.9. The number of hydrogen-bond donors (Lipinski definition) is 6. The van der Waals surface area contributed by atoms with Gasteiger partial charge < -0.3 is 20.9 Å². The van der Waals surface area contributed by atoms with Crippen LogP contribution in [0.25, 0.3) is 23.3 Å². The monoisotopic (exact) mass is 716 g/mol. The van der Waals surface area contributed by atoms with Crippen molar-refractivity contribution >= 4 is 32.4 Å². The molecule has 0 spiro atoms. The number of ether oxygens (including phenoxy) is 2. The van der Waals surface area contributed by atoms with Crippen LogP contribution in [0.1, 0.15) is 33.4 Å². The van der Waals surface area contributed by atoms with Crippen LogP contribution in [-0.2, 0) is 29.7 Å². The molecular formula is C34H32N6O8S2. The zero-order chi connectivity index (χ0) is 36.2. The lowest BCUT2D eigenvalue weighted by Gasteiger charge is -2.41. The molecule has 0 heterocycles. The summed E-state index contributed by atoms with van der Waals surface area (Å²) in [5.74, 6) is 0.0354. The molecule has 14 nitrogen and oxygen atoms in total. The van der Waals surface area contributed by atoms with Gasteiger partial charge in [0.2, 0.25) is 0 Å². The van der Waals surface area contributed by atoms with Crippen LogP contribution in [0.5, 0.6) is 11.5 Å². The lowest BCUT2D eigenvalue weighted by Crippen LogP contribution is -2.54. The largest absolute Gasteiger partial charge is 0.496 e.